The predicted molar refractivity (Wildman–Crippen MR) is 64.2 cm³/mol. The van der Waals surface area contributed by atoms with Gasteiger partial charge in [0, 0.05) is 11.6 Å². The van der Waals surface area contributed by atoms with Gasteiger partial charge in [-0.2, -0.15) is 0 Å². The van der Waals surface area contributed by atoms with Gasteiger partial charge in [-0.15, -0.1) is 0 Å². The molecule has 0 aromatic heterocycles. The predicted octanol–water partition coefficient (Wildman–Crippen LogP) is 3.08. The van der Waals surface area contributed by atoms with Crippen molar-refractivity contribution in [1.29, 1.82) is 0 Å². The van der Waals surface area contributed by atoms with Crippen LogP contribution >= 0.6 is 38.5 Å². The van der Waals surface area contributed by atoms with E-state index < -0.39 is 0 Å². The number of rotatable bonds is 4. The maximum absolute atomic E-state index is 5.48. The first kappa shape index (κ1) is 11.3. The summed E-state index contributed by atoms with van der Waals surface area (Å²) in [5.74, 6) is 0.904. The van der Waals surface area contributed by atoms with E-state index in [1.165, 1.54) is 0 Å². The third-order valence-corrected chi connectivity index (χ3v) is 2.78. The van der Waals surface area contributed by atoms with Gasteiger partial charge in [0.15, 0.2) is 0 Å². The Kier molecular flexibility index (Phi) is 5.05. The monoisotopic (exact) mass is 356 g/mol. The van der Waals surface area contributed by atoms with Crippen molar-refractivity contribution in [2.45, 2.75) is 0 Å². The molecule has 0 fully saturated rings. The summed E-state index contributed by atoms with van der Waals surface area (Å²) in [7, 11) is 1.66. The smallest absolute Gasteiger partial charge is 0.132 e. The fourth-order valence-electron chi connectivity index (χ4n) is 0.827. The van der Waals surface area contributed by atoms with E-state index in [1.54, 1.807) is 7.11 Å². The molecule has 2 nitrogen and oxygen atoms in total. The molecule has 0 bridgehead atoms. The van der Waals surface area contributed by atoms with Gasteiger partial charge in [-0.25, -0.2) is 0 Å². The van der Waals surface area contributed by atoms with Gasteiger partial charge in [0.05, 0.1) is 10.2 Å². The lowest BCUT2D eigenvalue weighted by atomic mass is 10.3. The molecule has 4 heteroatoms. The second-order valence-electron chi connectivity index (χ2n) is 2.42. The SMILES string of the molecule is COCCOc1ccc(Br)cc1I. The summed E-state index contributed by atoms with van der Waals surface area (Å²) >= 11 is 5.64. The molecule has 0 unspecified atom stereocenters. The quantitative estimate of drug-likeness (QED) is 0.609. The summed E-state index contributed by atoms with van der Waals surface area (Å²) < 4.78 is 12.5. The zero-order chi connectivity index (χ0) is 9.68. The van der Waals surface area contributed by atoms with Crippen molar-refractivity contribution < 1.29 is 9.47 Å². The van der Waals surface area contributed by atoms with E-state index in [9.17, 15) is 0 Å². The number of methoxy groups -OCH3 is 1. The number of hydrogen-bond acceptors (Lipinski definition) is 2. The van der Waals surface area contributed by atoms with Gasteiger partial charge in [0.1, 0.15) is 12.4 Å². The van der Waals surface area contributed by atoms with Gasteiger partial charge in [0.25, 0.3) is 0 Å². The third kappa shape index (κ3) is 3.83. The average Bonchev–Trinajstić information content (AvgIpc) is 2.09. The third-order valence-electron chi connectivity index (χ3n) is 1.44. The van der Waals surface area contributed by atoms with Gasteiger partial charge < -0.3 is 9.47 Å². The van der Waals surface area contributed by atoms with Crippen LogP contribution in [0.5, 0.6) is 5.75 Å². The first-order valence-corrected chi connectivity index (χ1v) is 5.68. The summed E-state index contributed by atoms with van der Waals surface area (Å²) in [5.41, 5.74) is 0. The first-order chi connectivity index (χ1) is 6.24. The minimum Gasteiger partial charge on any atom is -0.490 e. The molecule has 0 spiro atoms. The van der Waals surface area contributed by atoms with E-state index in [1.807, 2.05) is 18.2 Å². The van der Waals surface area contributed by atoms with E-state index in [0.717, 1.165) is 13.8 Å². The molecule has 0 aliphatic heterocycles. The van der Waals surface area contributed by atoms with Gasteiger partial charge in [-0.05, 0) is 40.8 Å². The minimum absolute atomic E-state index is 0.591. The highest BCUT2D eigenvalue weighted by Crippen LogP contribution is 2.24. The van der Waals surface area contributed by atoms with Crippen molar-refractivity contribution in [3.63, 3.8) is 0 Å². The van der Waals surface area contributed by atoms with Crippen molar-refractivity contribution >= 4 is 38.5 Å². The number of halogens is 2. The highest BCUT2D eigenvalue weighted by molar-refractivity contribution is 14.1. The molecule has 0 saturated heterocycles. The zero-order valence-corrected chi connectivity index (χ0v) is 11.0. The van der Waals surface area contributed by atoms with Crippen molar-refractivity contribution in [3.05, 3.63) is 26.2 Å². The molecule has 0 N–H and O–H groups in total. The van der Waals surface area contributed by atoms with Crippen LogP contribution < -0.4 is 4.74 Å². The van der Waals surface area contributed by atoms with E-state index >= 15 is 0 Å². The van der Waals surface area contributed by atoms with Gasteiger partial charge >= 0.3 is 0 Å². The second-order valence-corrected chi connectivity index (χ2v) is 4.49. The molecule has 0 radical (unpaired) electrons. The van der Waals surface area contributed by atoms with Crippen molar-refractivity contribution in [2.75, 3.05) is 20.3 Å². The Morgan fingerprint density at radius 3 is 2.77 bits per heavy atom. The topological polar surface area (TPSA) is 18.5 Å². The van der Waals surface area contributed by atoms with Crippen molar-refractivity contribution in [3.8, 4) is 5.75 Å². The van der Waals surface area contributed by atoms with Crippen LogP contribution in [0, 0.1) is 3.57 Å². The summed E-state index contributed by atoms with van der Waals surface area (Å²) in [5, 5.41) is 0. The molecule has 0 atom stereocenters. The Hall–Kier alpha value is 0.190. The Balaban J connectivity index is 2.56. The maximum atomic E-state index is 5.48. The maximum Gasteiger partial charge on any atom is 0.132 e. The van der Waals surface area contributed by atoms with E-state index in [2.05, 4.69) is 38.5 Å². The van der Waals surface area contributed by atoms with Crippen molar-refractivity contribution in [1.82, 2.24) is 0 Å². The molecule has 72 valence electrons. The molecule has 0 saturated carbocycles. The van der Waals surface area contributed by atoms with Gasteiger partial charge in [-0.1, -0.05) is 15.9 Å². The lowest BCUT2D eigenvalue weighted by Gasteiger charge is -2.07. The van der Waals surface area contributed by atoms with E-state index in [-0.39, 0.29) is 0 Å². The van der Waals surface area contributed by atoms with Crippen molar-refractivity contribution in [2.24, 2.45) is 0 Å². The molecule has 1 aromatic rings. The van der Waals surface area contributed by atoms with Crippen LogP contribution in [0.1, 0.15) is 0 Å². The Morgan fingerprint density at radius 2 is 2.15 bits per heavy atom. The molecule has 0 amide bonds. The summed E-state index contributed by atoms with van der Waals surface area (Å²) in [4.78, 5) is 0. The normalized spacial score (nSPS) is 10.1. The van der Waals surface area contributed by atoms with Crippen LogP contribution in [0.3, 0.4) is 0 Å². The summed E-state index contributed by atoms with van der Waals surface area (Å²) in [6.45, 7) is 1.21. The Bertz CT molecular complexity index is 278. The highest BCUT2D eigenvalue weighted by atomic mass is 127. The highest BCUT2D eigenvalue weighted by Gasteiger charge is 2.00. The molecular formula is C9H10BrIO2. The standard InChI is InChI=1S/C9H10BrIO2/c1-12-4-5-13-9-3-2-7(10)6-8(9)11/h2-3,6H,4-5H2,1H3. The number of hydrogen-bond donors (Lipinski definition) is 0. The zero-order valence-electron chi connectivity index (χ0n) is 7.22. The molecule has 1 rings (SSSR count). The molecule has 0 aliphatic carbocycles. The Labute approximate surface area is 99.9 Å². The molecule has 1 aromatic carbocycles. The van der Waals surface area contributed by atoms with Gasteiger partial charge in [0.2, 0.25) is 0 Å². The van der Waals surface area contributed by atoms with E-state index in [0.29, 0.717) is 13.2 Å². The molecule has 0 heterocycles. The van der Waals surface area contributed by atoms with Crippen LogP contribution in [0.2, 0.25) is 0 Å². The average molecular weight is 357 g/mol. The fourth-order valence-corrected chi connectivity index (χ4v) is 2.29. The van der Waals surface area contributed by atoms with Crippen LogP contribution in [-0.4, -0.2) is 20.3 Å². The lowest BCUT2D eigenvalue weighted by molar-refractivity contribution is 0.146. The van der Waals surface area contributed by atoms with Crippen LogP contribution in [0.25, 0.3) is 0 Å². The number of benzene rings is 1. The second kappa shape index (κ2) is 5.82. The van der Waals surface area contributed by atoms with E-state index in [4.69, 9.17) is 9.47 Å². The number of ether oxygens (including phenoxy) is 2. The lowest BCUT2D eigenvalue weighted by Crippen LogP contribution is -2.04. The minimum atomic E-state index is 0.591. The summed E-state index contributed by atoms with van der Waals surface area (Å²) in [6, 6.07) is 5.93. The van der Waals surface area contributed by atoms with Crippen LogP contribution in [0.4, 0.5) is 0 Å². The molecular weight excluding hydrogens is 347 g/mol. The molecule has 0 aliphatic rings. The fraction of sp³-hybridized carbons (Fsp3) is 0.333. The Morgan fingerprint density at radius 1 is 1.38 bits per heavy atom. The van der Waals surface area contributed by atoms with Crippen LogP contribution in [0.15, 0.2) is 22.7 Å². The molecule has 13 heavy (non-hydrogen) atoms. The largest absolute Gasteiger partial charge is 0.490 e. The summed E-state index contributed by atoms with van der Waals surface area (Å²) in [6.07, 6.45) is 0. The van der Waals surface area contributed by atoms with Crippen LogP contribution in [-0.2, 0) is 4.74 Å². The first-order valence-electron chi connectivity index (χ1n) is 3.81. The van der Waals surface area contributed by atoms with Gasteiger partial charge in [-0.3, -0.25) is 0 Å².